The largest absolute Gasteiger partial charge is 0.395 e. The molecular formula is C15H19BrN2OS. The number of nitrogens with zero attached hydrogens (tertiary/aromatic N) is 1. The van der Waals surface area contributed by atoms with Gasteiger partial charge >= 0.3 is 0 Å². The Morgan fingerprint density at radius 2 is 1.95 bits per heavy atom. The van der Waals surface area contributed by atoms with Crippen LogP contribution in [0.4, 0.5) is 0 Å². The molecule has 0 radical (unpaired) electrons. The zero-order valence-electron chi connectivity index (χ0n) is 11.2. The van der Waals surface area contributed by atoms with Crippen LogP contribution in [0.3, 0.4) is 0 Å². The van der Waals surface area contributed by atoms with Gasteiger partial charge in [0, 0.05) is 24.5 Å². The molecule has 0 fully saturated rings. The first-order valence-corrected chi connectivity index (χ1v) is 8.19. The van der Waals surface area contributed by atoms with Gasteiger partial charge in [0.1, 0.15) is 0 Å². The predicted octanol–water partition coefficient (Wildman–Crippen LogP) is 3.00. The van der Waals surface area contributed by atoms with Crippen LogP contribution < -0.4 is 5.73 Å². The molecule has 0 spiro atoms. The average Bonchev–Trinajstić information content (AvgIpc) is 2.87. The topological polar surface area (TPSA) is 49.5 Å². The van der Waals surface area contributed by atoms with Crippen LogP contribution in [0.2, 0.25) is 0 Å². The van der Waals surface area contributed by atoms with Crippen molar-refractivity contribution in [2.75, 3.05) is 19.7 Å². The van der Waals surface area contributed by atoms with Crippen molar-refractivity contribution in [3.8, 4) is 0 Å². The highest BCUT2D eigenvalue weighted by Gasteiger charge is 2.20. The Hall–Kier alpha value is -0.720. The van der Waals surface area contributed by atoms with Gasteiger partial charge in [-0.05, 0) is 33.6 Å². The lowest BCUT2D eigenvalue weighted by Crippen LogP contribution is -2.35. The molecule has 1 aromatic carbocycles. The molecule has 0 aliphatic heterocycles. The molecule has 3 N–H and O–H groups in total. The number of halogens is 1. The Kier molecular flexibility index (Phi) is 6.19. The van der Waals surface area contributed by atoms with E-state index in [4.69, 9.17) is 5.73 Å². The predicted molar refractivity (Wildman–Crippen MR) is 87.8 cm³/mol. The van der Waals surface area contributed by atoms with Gasteiger partial charge in [-0.2, -0.15) is 0 Å². The molecule has 0 aliphatic carbocycles. The van der Waals surface area contributed by atoms with Crippen LogP contribution in [-0.2, 0) is 6.54 Å². The number of thiophene rings is 1. The zero-order chi connectivity index (χ0) is 14.4. The molecule has 2 rings (SSSR count). The molecule has 1 unspecified atom stereocenters. The lowest BCUT2D eigenvalue weighted by molar-refractivity contribution is 0.148. The highest BCUT2D eigenvalue weighted by Crippen LogP contribution is 2.31. The second-order valence-corrected chi connectivity index (χ2v) is 7.07. The molecule has 0 aliphatic rings. The lowest BCUT2D eigenvalue weighted by Gasteiger charge is -2.29. The molecule has 108 valence electrons. The van der Waals surface area contributed by atoms with Gasteiger partial charge in [-0.1, -0.05) is 30.3 Å². The van der Waals surface area contributed by atoms with E-state index in [0.717, 1.165) is 10.3 Å². The summed E-state index contributed by atoms with van der Waals surface area (Å²) in [6, 6.07) is 14.6. The van der Waals surface area contributed by atoms with Crippen molar-refractivity contribution < 1.29 is 5.11 Å². The van der Waals surface area contributed by atoms with Gasteiger partial charge in [-0.3, -0.25) is 4.90 Å². The maximum absolute atomic E-state index is 9.32. The average molecular weight is 355 g/mol. The zero-order valence-corrected chi connectivity index (χ0v) is 13.6. The van der Waals surface area contributed by atoms with E-state index >= 15 is 0 Å². The summed E-state index contributed by atoms with van der Waals surface area (Å²) in [4.78, 5) is 3.46. The van der Waals surface area contributed by atoms with E-state index in [1.807, 2.05) is 24.3 Å². The standard InChI is InChI=1S/C15H19BrN2OS/c16-15-7-6-14(20-15)13(10-17)18(8-9-19)11-12-4-2-1-3-5-12/h1-7,13,19H,8-11,17H2. The van der Waals surface area contributed by atoms with Crippen LogP contribution >= 0.6 is 27.3 Å². The van der Waals surface area contributed by atoms with Gasteiger partial charge in [-0.15, -0.1) is 11.3 Å². The van der Waals surface area contributed by atoms with Gasteiger partial charge in [0.15, 0.2) is 0 Å². The second kappa shape index (κ2) is 7.90. The number of aliphatic hydroxyl groups is 1. The molecule has 5 heteroatoms. The Morgan fingerprint density at radius 1 is 1.20 bits per heavy atom. The van der Waals surface area contributed by atoms with Crippen molar-refractivity contribution in [2.24, 2.45) is 5.73 Å². The summed E-state index contributed by atoms with van der Waals surface area (Å²) in [5.74, 6) is 0. The second-order valence-electron chi connectivity index (χ2n) is 4.57. The fraction of sp³-hybridized carbons (Fsp3) is 0.333. The third-order valence-corrected chi connectivity index (χ3v) is 4.93. The third kappa shape index (κ3) is 4.14. The molecule has 0 bridgehead atoms. The highest BCUT2D eigenvalue weighted by atomic mass is 79.9. The van der Waals surface area contributed by atoms with E-state index in [1.165, 1.54) is 10.4 Å². The molecule has 20 heavy (non-hydrogen) atoms. The number of benzene rings is 1. The van der Waals surface area contributed by atoms with Gasteiger partial charge in [-0.25, -0.2) is 0 Å². The van der Waals surface area contributed by atoms with Gasteiger partial charge in [0.2, 0.25) is 0 Å². The van der Waals surface area contributed by atoms with Crippen LogP contribution in [0.25, 0.3) is 0 Å². The Labute approximate surface area is 132 Å². The van der Waals surface area contributed by atoms with E-state index in [9.17, 15) is 5.11 Å². The summed E-state index contributed by atoms with van der Waals surface area (Å²) in [6.07, 6.45) is 0. The first-order chi connectivity index (χ1) is 9.74. The molecule has 3 nitrogen and oxygen atoms in total. The number of nitrogens with two attached hydrogens (primary N) is 1. The fourth-order valence-corrected chi connectivity index (χ4v) is 3.82. The number of hydrogen-bond donors (Lipinski definition) is 2. The van der Waals surface area contributed by atoms with Crippen molar-refractivity contribution in [3.63, 3.8) is 0 Å². The first kappa shape index (κ1) is 15.7. The Balaban J connectivity index is 2.17. The summed E-state index contributed by atoms with van der Waals surface area (Å²) in [5.41, 5.74) is 7.20. The molecule has 1 atom stereocenters. The van der Waals surface area contributed by atoms with Crippen molar-refractivity contribution in [3.05, 3.63) is 56.7 Å². The minimum Gasteiger partial charge on any atom is -0.395 e. The molecular weight excluding hydrogens is 336 g/mol. The van der Waals surface area contributed by atoms with Crippen molar-refractivity contribution in [2.45, 2.75) is 12.6 Å². The van der Waals surface area contributed by atoms with E-state index in [0.29, 0.717) is 13.1 Å². The third-order valence-electron chi connectivity index (χ3n) is 3.20. The molecule has 1 aromatic heterocycles. The summed E-state index contributed by atoms with van der Waals surface area (Å²) in [6.45, 7) is 2.08. The normalized spacial score (nSPS) is 12.8. The monoisotopic (exact) mass is 354 g/mol. The maximum Gasteiger partial charge on any atom is 0.0702 e. The van der Waals surface area contributed by atoms with E-state index in [1.54, 1.807) is 11.3 Å². The molecule has 0 amide bonds. The van der Waals surface area contributed by atoms with Gasteiger partial charge < -0.3 is 10.8 Å². The molecule has 2 aromatic rings. The quantitative estimate of drug-likeness (QED) is 0.803. The smallest absolute Gasteiger partial charge is 0.0702 e. The van der Waals surface area contributed by atoms with Crippen LogP contribution in [0.15, 0.2) is 46.3 Å². The minimum absolute atomic E-state index is 0.135. The van der Waals surface area contributed by atoms with E-state index in [2.05, 4.69) is 39.0 Å². The number of hydrogen-bond acceptors (Lipinski definition) is 4. The van der Waals surface area contributed by atoms with Crippen molar-refractivity contribution in [1.82, 2.24) is 4.90 Å². The summed E-state index contributed by atoms with van der Waals surface area (Å²) in [7, 11) is 0. The van der Waals surface area contributed by atoms with E-state index < -0.39 is 0 Å². The van der Waals surface area contributed by atoms with Crippen LogP contribution in [0.5, 0.6) is 0 Å². The van der Waals surface area contributed by atoms with Crippen molar-refractivity contribution in [1.29, 1.82) is 0 Å². The van der Waals surface area contributed by atoms with Crippen LogP contribution in [0.1, 0.15) is 16.5 Å². The Bertz CT molecular complexity index is 518. The number of aliphatic hydroxyl groups excluding tert-OH is 1. The van der Waals surface area contributed by atoms with E-state index in [-0.39, 0.29) is 12.6 Å². The van der Waals surface area contributed by atoms with Gasteiger partial charge in [0.05, 0.1) is 16.4 Å². The SMILES string of the molecule is NCC(c1ccc(Br)s1)N(CCO)Cc1ccccc1. The molecule has 1 heterocycles. The lowest BCUT2D eigenvalue weighted by atomic mass is 10.1. The van der Waals surface area contributed by atoms with Crippen LogP contribution in [-0.4, -0.2) is 29.7 Å². The molecule has 0 saturated heterocycles. The fourth-order valence-electron chi connectivity index (χ4n) is 2.24. The molecule has 0 saturated carbocycles. The first-order valence-electron chi connectivity index (χ1n) is 6.58. The highest BCUT2D eigenvalue weighted by molar-refractivity contribution is 9.11. The maximum atomic E-state index is 9.32. The van der Waals surface area contributed by atoms with Gasteiger partial charge in [0.25, 0.3) is 0 Å². The van der Waals surface area contributed by atoms with Crippen LogP contribution in [0, 0.1) is 0 Å². The van der Waals surface area contributed by atoms with Crippen molar-refractivity contribution >= 4 is 27.3 Å². The summed E-state index contributed by atoms with van der Waals surface area (Å²) in [5, 5.41) is 9.32. The minimum atomic E-state index is 0.135. The summed E-state index contributed by atoms with van der Waals surface area (Å²) < 4.78 is 1.11. The number of rotatable bonds is 7. The Morgan fingerprint density at radius 3 is 2.50 bits per heavy atom. The summed E-state index contributed by atoms with van der Waals surface area (Å²) >= 11 is 5.19.